The molecule has 0 bridgehead atoms. The van der Waals surface area contributed by atoms with Crippen LogP contribution in [0.4, 0.5) is 11.5 Å². The first-order valence-corrected chi connectivity index (χ1v) is 7.18. The van der Waals surface area contributed by atoms with Crippen molar-refractivity contribution in [2.24, 2.45) is 0 Å². The summed E-state index contributed by atoms with van der Waals surface area (Å²) in [6.07, 6.45) is 2.14. The molecule has 1 unspecified atom stereocenters. The molecule has 6 nitrogen and oxygen atoms in total. The number of thiophene rings is 1. The molecule has 0 aliphatic heterocycles. The summed E-state index contributed by atoms with van der Waals surface area (Å²) in [4.78, 5) is 17.0. The van der Waals surface area contributed by atoms with Crippen molar-refractivity contribution in [3.8, 4) is 6.07 Å². The first kappa shape index (κ1) is 14.9. The Labute approximate surface area is 126 Å². The van der Waals surface area contributed by atoms with Crippen LogP contribution >= 0.6 is 11.3 Å². The summed E-state index contributed by atoms with van der Waals surface area (Å²) in [7, 11) is 0. The van der Waals surface area contributed by atoms with Crippen molar-refractivity contribution >= 4 is 22.8 Å². The number of pyridine rings is 1. The molecule has 0 radical (unpaired) electrons. The van der Waals surface area contributed by atoms with Gasteiger partial charge in [0.25, 0.3) is 0 Å². The largest absolute Gasteiger partial charge is 0.361 e. The minimum absolute atomic E-state index is 0.0108. The number of aryl methyl sites for hydroxylation is 1. The number of anilines is 1. The van der Waals surface area contributed by atoms with Gasteiger partial charge in [-0.1, -0.05) is 0 Å². The number of rotatable bonds is 5. The molecule has 0 saturated heterocycles. The molecule has 0 aliphatic carbocycles. The fourth-order valence-electron chi connectivity index (χ4n) is 2.02. The number of nitrogens with zero attached hydrogens (tertiary/aromatic N) is 3. The Bertz CT molecular complexity index is 705. The van der Waals surface area contributed by atoms with Gasteiger partial charge in [0.15, 0.2) is 0 Å². The lowest BCUT2D eigenvalue weighted by Crippen LogP contribution is -2.19. The van der Waals surface area contributed by atoms with Gasteiger partial charge in [0.05, 0.1) is 4.92 Å². The molecule has 108 valence electrons. The van der Waals surface area contributed by atoms with E-state index >= 15 is 0 Å². The van der Waals surface area contributed by atoms with E-state index in [4.69, 9.17) is 5.26 Å². The van der Waals surface area contributed by atoms with Crippen LogP contribution < -0.4 is 5.32 Å². The number of nitriles is 1. The third-order valence-electron chi connectivity index (χ3n) is 2.91. The van der Waals surface area contributed by atoms with E-state index in [0.29, 0.717) is 0 Å². The summed E-state index contributed by atoms with van der Waals surface area (Å²) < 4.78 is 0. The van der Waals surface area contributed by atoms with Crippen molar-refractivity contribution in [1.29, 1.82) is 5.26 Å². The van der Waals surface area contributed by atoms with Gasteiger partial charge in [-0.05, 0) is 32.0 Å². The summed E-state index contributed by atoms with van der Waals surface area (Å²) in [5.74, 6) is 0.139. The zero-order chi connectivity index (χ0) is 15.4. The van der Waals surface area contributed by atoms with Gasteiger partial charge in [0, 0.05) is 28.4 Å². The van der Waals surface area contributed by atoms with E-state index in [1.165, 1.54) is 22.0 Å². The van der Waals surface area contributed by atoms with Crippen LogP contribution in [0, 0.1) is 28.4 Å². The van der Waals surface area contributed by atoms with Crippen molar-refractivity contribution in [2.75, 3.05) is 5.32 Å². The highest BCUT2D eigenvalue weighted by Crippen LogP contribution is 2.27. The Morgan fingerprint density at radius 3 is 2.86 bits per heavy atom. The lowest BCUT2D eigenvalue weighted by molar-refractivity contribution is -0.384. The lowest BCUT2D eigenvalue weighted by Gasteiger charge is -2.13. The second-order valence-electron chi connectivity index (χ2n) is 4.69. The molecule has 0 amide bonds. The third kappa shape index (κ3) is 3.55. The highest BCUT2D eigenvalue weighted by atomic mass is 32.1. The van der Waals surface area contributed by atoms with Crippen LogP contribution in [0.1, 0.15) is 22.2 Å². The van der Waals surface area contributed by atoms with Crippen LogP contribution in [0.15, 0.2) is 24.4 Å². The Balaban J connectivity index is 2.19. The summed E-state index contributed by atoms with van der Waals surface area (Å²) >= 11 is 1.70. The fraction of sp³-hybridized carbons (Fsp3) is 0.286. The standard InChI is InChI=1S/C14H14N4O2S/c1-9(7-12-4-3-10(2)21-12)17-14-13(18(19)20)11(8-15)5-6-16-14/h3-6,9H,7H2,1-2H3,(H,16,17). The van der Waals surface area contributed by atoms with Crippen LogP contribution in [0.3, 0.4) is 0 Å². The highest BCUT2D eigenvalue weighted by molar-refractivity contribution is 7.11. The van der Waals surface area contributed by atoms with Gasteiger partial charge in [-0.15, -0.1) is 11.3 Å². The van der Waals surface area contributed by atoms with Crippen molar-refractivity contribution in [3.63, 3.8) is 0 Å². The fourth-order valence-corrected chi connectivity index (χ4v) is 3.03. The Hall–Kier alpha value is -2.46. The Morgan fingerprint density at radius 1 is 1.52 bits per heavy atom. The van der Waals surface area contributed by atoms with Crippen LogP contribution in [0.2, 0.25) is 0 Å². The zero-order valence-corrected chi connectivity index (χ0v) is 12.5. The maximum atomic E-state index is 11.1. The predicted molar refractivity (Wildman–Crippen MR) is 81.5 cm³/mol. The monoisotopic (exact) mass is 302 g/mol. The van der Waals surface area contributed by atoms with Crippen molar-refractivity contribution < 1.29 is 4.92 Å². The van der Waals surface area contributed by atoms with E-state index in [1.54, 1.807) is 11.3 Å². The van der Waals surface area contributed by atoms with E-state index in [9.17, 15) is 10.1 Å². The number of hydrogen-bond acceptors (Lipinski definition) is 6. The van der Waals surface area contributed by atoms with Crippen LogP contribution in [0.25, 0.3) is 0 Å². The van der Waals surface area contributed by atoms with E-state index < -0.39 is 4.92 Å². The molecule has 0 aliphatic rings. The molecule has 0 spiro atoms. The highest BCUT2D eigenvalue weighted by Gasteiger charge is 2.22. The van der Waals surface area contributed by atoms with E-state index in [2.05, 4.69) is 10.3 Å². The van der Waals surface area contributed by atoms with Crippen LogP contribution in [-0.2, 0) is 6.42 Å². The molecular weight excluding hydrogens is 288 g/mol. The number of aromatic nitrogens is 1. The molecular formula is C14H14N4O2S. The molecule has 2 rings (SSSR count). The second kappa shape index (κ2) is 6.33. The van der Waals surface area contributed by atoms with Crippen LogP contribution in [0.5, 0.6) is 0 Å². The molecule has 21 heavy (non-hydrogen) atoms. The van der Waals surface area contributed by atoms with Crippen molar-refractivity contribution in [1.82, 2.24) is 4.98 Å². The normalized spacial score (nSPS) is 11.7. The molecule has 2 aromatic heterocycles. The van der Waals surface area contributed by atoms with E-state index in [-0.39, 0.29) is 23.1 Å². The SMILES string of the molecule is Cc1ccc(CC(C)Nc2nccc(C#N)c2[N+](=O)[O-])s1. The average Bonchev–Trinajstić information content (AvgIpc) is 2.83. The maximum Gasteiger partial charge on any atom is 0.328 e. The first-order chi connectivity index (χ1) is 10.0. The first-order valence-electron chi connectivity index (χ1n) is 6.36. The van der Waals surface area contributed by atoms with Crippen molar-refractivity contribution in [3.05, 3.63) is 49.8 Å². The molecule has 1 N–H and O–H groups in total. The zero-order valence-electron chi connectivity index (χ0n) is 11.7. The van der Waals surface area contributed by atoms with Gasteiger partial charge in [0.2, 0.25) is 5.82 Å². The smallest absolute Gasteiger partial charge is 0.328 e. The van der Waals surface area contributed by atoms with Gasteiger partial charge in [-0.25, -0.2) is 4.98 Å². The summed E-state index contributed by atoms with van der Waals surface area (Å²) in [5.41, 5.74) is -0.258. The Kier molecular flexibility index (Phi) is 4.50. The number of hydrogen-bond donors (Lipinski definition) is 1. The lowest BCUT2D eigenvalue weighted by atomic mass is 10.2. The second-order valence-corrected chi connectivity index (χ2v) is 6.06. The minimum atomic E-state index is -0.574. The topological polar surface area (TPSA) is 91.8 Å². The molecule has 7 heteroatoms. The minimum Gasteiger partial charge on any atom is -0.361 e. The quantitative estimate of drug-likeness (QED) is 0.676. The predicted octanol–water partition coefficient (Wildman–Crippen LogP) is 3.27. The molecule has 2 aromatic rings. The molecule has 2 heterocycles. The number of nitro groups is 1. The van der Waals surface area contributed by atoms with Gasteiger partial charge < -0.3 is 5.32 Å². The molecule has 0 fully saturated rings. The molecule has 0 saturated carbocycles. The average molecular weight is 302 g/mol. The van der Waals surface area contributed by atoms with Crippen molar-refractivity contribution in [2.45, 2.75) is 26.3 Å². The van der Waals surface area contributed by atoms with Gasteiger partial charge in [-0.3, -0.25) is 10.1 Å². The Morgan fingerprint density at radius 2 is 2.29 bits per heavy atom. The van der Waals surface area contributed by atoms with E-state index in [0.717, 1.165) is 6.42 Å². The molecule has 1 atom stereocenters. The third-order valence-corrected chi connectivity index (χ3v) is 3.94. The van der Waals surface area contributed by atoms with Crippen LogP contribution in [-0.4, -0.2) is 15.9 Å². The maximum absolute atomic E-state index is 11.1. The van der Waals surface area contributed by atoms with Gasteiger partial charge in [-0.2, -0.15) is 5.26 Å². The molecule has 0 aromatic carbocycles. The summed E-state index contributed by atoms with van der Waals surface area (Å²) in [5, 5.41) is 23.1. The van der Waals surface area contributed by atoms with Gasteiger partial charge >= 0.3 is 5.69 Å². The van der Waals surface area contributed by atoms with Gasteiger partial charge in [0.1, 0.15) is 11.6 Å². The summed E-state index contributed by atoms with van der Waals surface area (Å²) in [6, 6.07) is 7.24. The number of nitrogens with one attached hydrogen (secondary N) is 1. The van der Waals surface area contributed by atoms with E-state index in [1.807, 2.05) is 32.0 Å². The summed E-state index contributed by atoms with van der Waals surface area (Å²) in [6.45, 7) is 3.97.